The van der Waals surface area contributed by atoms with Crippen LogP contribution in [0.5, 0.6) is 0 Å². The Bertz CT molecular complexity index is 143. The Kier molecular flexibility index (Phi) is 3.52. The van der Waals surface area contributed by atoms with Crippen LogP contribution in [0.4, 0.5) is 0 Å². The minimum atomic E-state index is -0.775. The second-order valence-electron chi connectivity index (χ2n) is 3.26. The Morgan fingerprint density at radius 3 is 2.27 bits per heavy atom. The molecule has 2 nitrogen and oxygen atoms in total. The lowest BCUT2D eigenvalue weighted by Gasteiger charge is -2.28. The van der Waals surface area contributed by atoms with Crippen LogP contribution >= 0.6 is 0 Å². The second kappa shape index (κ2) is 4.21. The van der Waals surface area contributed by atoms with Gasteiger partial charge in [-0.05, 0) is 12.8 Å². The monoisotopic (exact) mass is 175 g/mol. The Balaban J connectivity index is 2.38. The number of hydrogen-bond donors (Lipinski definition) is 0. The van der Waals surface area contributed by atoms with Gasteiger partial charge in [-0.2, -0.15) is 0 Å². The van der Waals surface area contributed by atoms with Crippen molar-refractivity contribution in [2.75, 3.05) is 13.3 Å². The Hall–Kier alpha value is 0.110. The minimum Gasteiger partial charge on any atom is -0.243 e. The van der Waals surface area contributed by atoms with E-state index in [2.05, 4.69) is 0 Å². The first-order valence-electron chi connectivity index (χ1n) is 4.28. The molecule has 1 aliphatic rings. The van der Waals surface area contributed by atoms with Crippen molar-refractivity contribution in [1.82, 2.24) is 4.31 Å². The average molecular weight is 175 g/mol. The van der Waals surface area contributed by atoms with Gasteiger partial charge in [-0.1, -0.05) is 19.3 Å². The van der Waals surface area contributed by atoms with Crippen LogP contribution in [-0.4, -0.2) is 27.9 Å². The summed E-state index contributed by atoms with van der Waals surface area (Å²) in [6.07, 6.45) is 8.21. The van der Waals surface area contributed by atoms with Crippen molar-refractivity contribution < 1.29 is 4.21 Å². The van der Waals surface area contributed by atoms with E-state index in [1.54, 1.807) is 6.26 Å². The third kappa shape index (κ3) is 2.56. The van der Waals surface area contributed by atoms with Gasteiger partial charge in [0.05, 0.1) is 11.0 Å². The molecule has 0 saturated heterocycles. The van der Waals surface area contributed by atoms with Crippen LogP contribution in [0, 0.1) is 0 Å². The second-order valence-corrected chi connectivity index (χ2v) is 4.69. The fraction of sp³-hybridized carbons (Fsp3) is 1.00. The smallest absolute Gasteiger partial charge is 0.0910 e. The van der Waals surface area contributed by atoms with Gasteiger partial charge < -0.3 is 0 Å². The predicted molar refractivity (Wildman–Crippen MR) is 48.7 cm³/mol. The Labute approximate surface area is 71.6 Å². The standard InChI is InChI=1S/C8H17NOS/c1-9(11(2)10)8-6-4-3-5-7-8/h8H,3-7H2,1-2H3. The predicted octanol–water partition coefficient (Wildman–Crippen LogP) is 1.54. The molecule has 11 heavy (non-hydrogen) atoms. The van der Waals surface area contributed by atoms with Crippen molar-refractivity contribution in [3.8, 4) is 0 Å². The van der Waals surface area contributed by atoms with Crippen LogP contribution in [0.2, 0.25) is 0 Å². The third-order valence-corrected chi connectivity index (χ3v) is 3.60. The van der Waals surface area contributed by atoms with E-state index in [0.717, 1.165) is 0 Å². The van der Waals surface area contributed by atoms with Crippen LogP contribution in [0.3, 0.4) is 0 Å². The molecule has 0 amide bonds. The maximum Gasteiger partial charge on any atom is 0.0910 e. The molecule has 66 valence electrons. The number of nitrogens with zero attached hydrogens (tertiary/aromatic N) is 1. The fourth-order valence-corrected chi connectivity index (χ4v) is 2.29. The molecule has 1 unspecified atom stereocenters. The molecular weight excluding hydrogens is 158 g/mol. The molecule has 1 atom stereocenters. The Morgan fingerprint density at radius 2 is 1.82 bits per heavy atom. The highest BCUT2D eigenvalue weighted by atomic mass is 32.2. The Morgan fingerprint density at radius 1 is 1.27 bits per heavy atom. The SMILES string of the molecule is CN(C1CCCCC1)S(C)=O. The van der Waals surface area contributed by atoms with Gasteiger partial charge in [0, 0.05) is 19.3 Å². The van der Waals surface area contributed by atoms with E-state index < -0.39 is 11.0 Å². The van der Waals surface area contributed by atoms with Gasteiger partial charge in [0.2, 0.25) is 0 Å². The van der Waals surface area contributed by atoms with Crippen molar-refractivity contribution >= 4 is 11.0 Å². The molecule has 0 bridgehead atoms. The summed E-state index contributed by atoms with van der Waals surface area (Å²) in [4.78, 5) is 0. The highest BCUT2D eigenvalue weighted by Crippen LogP contribution is 2.21. The summed E-state index contributed by atoms with van der Waals surface area (Å²) in [6, 6.07) is 0.578. The number of rotatable bonds is 2. The van der Waals surface area contributed by atoms with Crippen LogP contribution in [-0.2, 0) is 11.0 Å². The molecule has 0 N–H and O–H groups in total. The van der Waals surface area contributed by atoms with Crippen molar-refractivity contribution in [3.05, 3.63) is 0 Å². The molecular formula is C8H17NOS. The van der Waals surface area contributed by atoms with Gasteiger partial charge in [-0.3, -0.25) is 0 Å². The molecule has 0 aromatic rings. The highest BCUT2D eigenvalue weighted by Gasteiger charge is 2.19. The van der Waals surface area contributed by atoms with Gasteiger partial charge in [0.25, 0.3) is 0 Å². The van der Waals surface area contributed by atoms with Gasteiger partial charge >= 0.3 is 0 Å². The zero-order valence-corrected chi connectivity index (χ0v) is 8.19. The molecule has 0 heterocycles. The first-order chi connectivity index (χ1) is 5.22. The molecule has 0 aromatic carbocycles. The van der Waals surface area contributed by atoms with E-state index in [0.29, 0.717) is 6.04 Å². The van der Waals surface area contributed by atoms with E-state index >= 15 is 0 Å². The maximum atomic E-state index is 11.1. The van der Waals surface area contributed by atoms with Gasteiger partial charge in [0.1, 0.15) is 0 Å². The molecule has 0 aliphatic heterocycles. The molecule has 0 radical (unpaired) electrons. The first kappa shape index (κ1) is 9.20. The normalized spacial score (nSPS) is 23.9. The summed E-state index contributed by atoms with van der Waals surface area (Å²) >= 11 is 0. The summed E-state index contributed by atoms with van der Waals surface area (Å²) in [7, 11) is 1.19. The maximum absolute atomic E-state index is 11.1. The van der Waals surface area contributed by atoms with E-state index in [9.17, 15) is 4.21 Å². The summed E-state index contributed by atoms with van der Waals surface area (Å²) in [5, 5.41) is 0. The summed E-state index contributed by atoms with van der Waals surface area (Å²) < 4.78 is 13.1. The van der Waals surface area contributed by atoms with Gasteiger partial charge in [-0.15, -0.1) is 0 Å². The molecule has 0 aromatic heterocycles. The van der Waals surface area contributed by atoms with Gasteiger partial charge in [-0.25, -0.2) is 8.51 Å². The van der Waals surface area contributed by atoms with Crippen molar-refractivity contribution in [2.24, 2.45) is 0 Å². The quantitative estimate of drug-likeness (QED) is 0.623. The lowest BCUT2D eigenvalue weighted by Crippen LogP contribution is -2.34. The largest absolute Gasteiger partial charge is 0.243 e. The number of hydrogen-bond acceptors (Lipinski definition) is 1. The molecule has 1 aliphatic carbocycles. The summed E-state index contributed by atoms with van der Waals surface area (Å²) in [6.45, 7) is 0. The first-order valence-corrected chi connectivity index (χ1v) is 5.79. The molecule has 0 spiro atoms. The van der Waals surface area contributed by atoms with Gasteiger partial charge in [0.15, 0.2) is 0 Å². The van der Waals surface area contributed by atoms with Crippen molar-refractivity contribution in [2.45, 2.75) is 38.1 Å². The minimum absolute atomic E-state index is 0.578. The average Bonchev–Trinajstić information content (AvgIpc) is 2.05. The fourth-order valence-electron chi connectivity index (χ4n) is 1.65. The van der Waals surface area contributed by atoms with E-state index in [1.165, 1.54) is 32.1 Å². The van der Waals surface area contributed by atoms with Crippen molar-refractivity contribution in [1.29, 1.82) is 0 Å². The zero-order valence-electron chi connectivity index (χ0n) is 7.38. The summed E-state index contributed by atoms with van der Waals surface area (Å²) in [5.41, 5.74) is 0. The summed E-state index contributed by atoms with van der Waals surface area (Å²) in [5.74, 6) is 0. The van der Waals surface area contributed by atoms with Crippen molar-refractivity contribution in [3.63, 3.8) is 0 Å². The molecule has 1 rings (SSSR count). The van der Waals surface area contributed by atoms with E-state index in [-0.39, 0.29) is 0 Å². The lowest BCUT2D eigenvalue weighted by atomic mass is 9.96. The molecule has 1 saturated carbocycles. The van der Waals surface area contributed by atoms with Crippen LogP contribution in [0.15, 0.2) is 0 Å². The van der Waals surface area contributed by atoms with Crippen LogP contribution < -0.4 is 0 Å². The molecule has 3 heteroatoms. The lowest BCUT2D eigenvalue weighted by molar-refractivity contribution is 0.297. The topological polar surface area (TPSA) is 20.3 Å². The van der Waals surface area contributed by atoms with E-state index in [4.69, 9.17) is 0 Å². The third-order valence-electron chi connectivity index (χ3n) is 2.49. The molecule has 1 fully saturated rings. The van der Waals surface area contributed by atoms with Crippen LogP contribution in [0.1, 0.15) is 32.1 Å². The van der Waals surface area contributed by atoms with E-state index in [1.807, 2.05) is 11.4 Å². The zero-order chi connectivity index (χ0) is 8.27. The van der Waals surface area contributed by atoms with Crippen LogP contribution in [0.25, 0.3) is 0 Å². The highest BCUT2D eigenvalue weighted by molar-refractivity contribution is 7.81.